The van der Waals surface area contributed by atoms with Crippen LogP contribution in [0.3, 0.4) is 0 Å². The summed E-state index contributed by atoms with van der Waals surface area (Å²) in [6, 6.07) is 6.07. The third-order valence-electron chi connectivity index (χ3n) is 5.66. The minimum atomic E-state index is 0.0229. The average molecular weight is 327 g/mol. The molecule has 24 heavy (non-hydrogen) atoms. The number of hydrogen-bond donors (Lipinski definition) is 0. The summed E-state index contributed by atoms with van der Waals surface area (Å²) in [4.78, 5) is 15.0. The Morgan fingerprint density at radius 2 is 1.96 bits per heavy atom. The Bertz CT molecular complexity index is 771. The number of fused-ring (bicyclic) bond motifs is 1. The fraction of sp³-hybridized carbons (Fsp3) is 0.550. The number of ether oxygens (including phenoxy) is 1. The standard InChI is InChI=1S/C20H25NO3/c1-14-5-6-17-16(13-14)15(2)18(24-17)19(22)21-10-3-7-20(9-11-21)8-4-12-23-20/h5-6,13H,3-4,7-12H2,1-2H3/t20-/m1/s1. The summed E-state index contributed by atoms with van der Waals surface area (Å²) in [5, 5.41) is 1.05. The molecular formula is C20H25NO3. The number of nitrogens with zero attached hydrogens (tertiary/aromatic N) is 1. The molecule has 3 heterocycles. The van der Waals surface area contributed by atoms with Gasteiger partial charge in [-0.1, -0.05) is 11.6 Å². The second-order valence-electron chi connectivity index (χ2n) is 7.34. The van der Waals surface area contributed by atoms with Gasteiger partial charge >= 0.3 is 0 Å². The Hall–Kier alpha value is -1.81. The van der Waals surface area contributed by atoms with Crippen molar-refractivity contribution in [3.8, 4) is 0 Å². The summed E-state index contributed by atoms with van der Waals surface area (Å²) >= 11 is 0. The third kappa shape index (κ3) is 2.63. The van der Waals surface area contributed by atoms with Gasteiger partial charge in [0.05, 0.1) is 5.60 Å². The summed E-state index contributed by atoms with van der Waals surface area (Å²) in [5.41, 5.74) is 2.96. The van der Waals surface area contributed by atoms with Crippen LogP contribution < -0.4 is 0 Å². The maximum atomic E-state index is 13.0. The van der Waals surface area contributed by atoms with E-state index < -0.39 is 0 Å². The van der Waals surface area contributed by atoms with E-state index in [9.17, 15) is 4.79 Å². The number of carbonyl (C=O) groups excluding carboxylic acids is 1. The fourth-order valence-electron chi connectivity index (χ4n) is 4.20. The lowest BCUT2D eigenvalue weighted by Crippen LogP contribution is -2.34. The van der Waals surface area contributed by atoms with Crippen LogP contribution in [0.4, 0.5) is 0 Å². The van der Waals surface area contributed by atoms with Crippen molar-refractivity contribution < 1.29 is 13.9 Å². The number of benzene rings is 1. The van der Waals surface area contributed by atoms with E-state index in [0.29, 0.717) is 5.76 Å². The van der Waals surface area contributed by atoms with Gasteiger partial charge in [-0.15, -0.1) is 0 Å². The van der Waals surface area contributed by atoms with Crippen molar-refractivity contribution in [2.45, 2.75) is 51.6 Å². The Labute approximate surface area is 142 Å². The zero-order valence-electron chi connectivity index (χ0n) is 14.6. The third-order valence-corrected chi connectivity index (χ3v) is 5.66. The second kappa shape index (κ2) is 5.92. The lowest BCUT2D eigenvalue weighted by Gasteiger charge is -2.26. The molecule has 4 nitrogen and oxygen atoms in total. The van der Waals surface area contributed by atoms with Crippen LogP contribution in [0.15, 0.2) is 22.6 Å². The van der Waals surface area contributed by atoms with Crippen molar-refractivity contribution in [2.75, 3.05) is 19.7 Å². The molecule has 0 aliphatic carbocycles. The van der Waals surface area contributed by atoms with Crippen LogP contribution in [0.5, 0.6) is 0 Å². The second-order valence-corrected chi connectivity index (χ2v) is 7.34. The Kier molecular flexibility index (Phi) is 3.87. The summed E-state index contributed by atoms with van der Waals surface area (Å²) < 4.78 is 11.9. The summed E-state index contributed by atoms with van der Waals surface area (Å²) in [5.74, 6) is 0.523. The van der Waals surface area contributed by atoms with E-state index >= 15 is 0 Å². The van der Waals surface area contributed by atoms with Gasteiger partial charge in [0.25, 0.3) is 5.91 Å². The Morgan fingerprint density at radius 1 is 1.12 bits per heavy atom. The van der Waals surface area contributed by atoms with Crippen LogP contribution in [0.1, 0.15) is 53.8 Å². The first kappa shape index (κ1) is 15.7. The molecule has 128 valence electrons. The quantitative estimate of drug-likeness (QED) is 0.787. The zero-order chi connectivity index (χ0) is 16.7. The first-order valence-electron chi connectivity index (χ1n) is 9.01. The molecule has 4 heteroatoms. The van der Waals surface area contributed by atoms with Gasteiger partial charge in [-0.2, -0.15) is 0 Å². The molecule has 1 amide bonds. The van der Waals surface area contributed by atoms with Crippen molar-refractivity contribution in [3.05, 3.63) is 35.1 Å². The minimum absolute atomic E-state index is 0.0229. The molecular weight excluding hydrogens is 302 g/mol. The van der Waals surface area contributed by atoms with E-state index in [1.165, 1.54) is 5.56 Å². The van der Waals surface area contributed by atoms with E-state index in [-0.39, 0.29) is 11.5 Å². The number of likely N-dealkylation sites (tertiary alicyclic amines) is 1. The highest BCUT2D eigenvalue weighted by atomic mass is 16.5. The van der Waals surface area contributed by atoms with Gasteiger partial charge in [-0.3, -0.25) is 4.79 Å². The average Bonchev–Trinajstić information content (AvgIpc) is 3.08. The van der Waals surface area contributed by atoms with Crippen molar-refractivity contribution in [3.63, 3.8) is 0 Å². The molecule has 2 fully saturated rings. The lowest BCUT2D eigenvalue weighted by atomic mass is 9.92. The highest BCUT2D eigenvalue weighted by Gasteiger charge is 2.38. The topological polar surface area (TPSA) is 42.7 Å². The van der Waals surface area contributed by atoms with Crippen molar-refractivity contribution in [2.24, 2.45) is 0 Å². The maximum Gasteiger partial charge on any atom is 0.289 e. The van der Waals surface area contributed by atoms with E-state index in [0.717, 1.165) is 68.3 Å². The minimum Gasteiger partial charge on any atom is -0.451 e. The molecule has 1 aromatic heterocycles. The lowest BCUT2D eigenvalue weighted by molar-refractivity contribution is -0.00697. The molecule has 1 atom stereocenters. The molecule has 2 aliphatic heterocycles. The largest absolute Gasteiger partial charge is 0.451 e. The smallest absolute Gasteiger partial charge is 0.289 e. The van der Waals surface area contributed by atoms with Crippen molar-refractivity contribution in [1.29, 1.82) is 0 Å². The monoisotopic (exact) mass is 327 g/mol. The first-order chi connectivity index (χ1) is 11.6. The number of amides is 1. The van der Waals surface area contributed by atoms with Crippen LogP contribution in [0.25, 0.3) is 11.0 Å². The summed E-state index contributed by atoms with van der Waals surface area (Å²) in [6.45, 7) is 6.46. The molecule has 1 aromatic carbocycles. The summed E-state index contributed by atoms with van der Waals surface area (Å²) in [6.07, 6.45) is 5.30. The molecule has 2 aromatic rings. The van der Waals surface area contributed by atoms with Gasteiger partial charge in [0, 0.05) is 30.6 Å². The molecule has 0 radical (unpaired) electrons. The van der Waals surface area contributed by atoms with E-state index in [1.807, 2.05) is 24.0 Å². The SMILES string of the molecule is Cc1ccc2oc(C(=O)N3CCC[C@@]4(CCCO4)CC3)c(C)c2c1. The van der Waals surface area contributed by atoms with E-state index in [4.69, 9.17) is 9.15 Å². The molecule has 0 N–H and O–H groups in total. The van der Waals surface area contributed by atoms with Crippen molar-refractivity contribution >= 4 is 16.9 Å². The highest BCUT2D eigenvalue weighted by molar-refractivity contribution is 5.99. The number of hydrogen-bond acceptors (Lipinski definition) is 3. The van der Waals surface area contributed by atoms with Crippen LogP contribution in [-0.2, 0) is 4.74 Å². The van der Waals surface area contributed by atoms with Crippen LogP contribution >= 0.6 is 0 Å². The highest BCUT2D eigenvalue weighted by Crippen LogP contribution is 2.36. The molecule has 0 bridgehead atoms. The van der Waals surface area contributed by atoms with Crippen LogP contribution in [0, 0.1) is 13.8 Å². The molecule has 0 saturated carbocycles. The van der Waals surface area contributed by atoms with Gasteiger partial charge in [-0.05, 0) is 58.1 Å². The Balaban J connectivity index is 1.58. The van der Waals surface area contributed by atoms with Crippen LogP contribution in [-0.4, -0.2) is 36.1 Å². The normalized spacial score (nSPS) is 24.7. The van der Waals surface area contributed by atoms with E-state index in [2.05, 4.69) is 13.0 Å². The van der Waals surface area contributed by atoms with Gasteiger partial charge in [0.2, 0.25) is 0 Å². The number of furan rings is 1. The number of carbonyl (C=O) groups is 1. The maximum absolute atomic E-state index is 13.0. The molecule has 2 saturated heterocycles. The van der Waals surface area contributed by atoms with Gasteiger partial charge in [-0.25, -0.2) is 0 Å². The summed E-state index contributed by atoms with van der Waals surface area (Å²) in [7, 11) is 0. The number of aryl methyl sites for hydroxylation is 2. The van der Waals surface area contributed by atoms with Gasteiger partial charge in [0.1, 0.15) is 5.58 Å². The van der Waals surface area contributed by atoms with Gasteiger partial charge < -0.3 is 14.1 Å². The van der Waals surface area contributed by atoms with Crippen molar-refractivity contribution in [1.82, 2.24) is 4.90 Å². The first-order valence-corrected chi connectivity index (χ1v) is 9.01. The Morgan fingerprint density at radius 3 is 2.75 bits per heavy atom. The molecule has 1 spiro atoms. The number of rotatable bonds is 1. The predicted octanol–water partition coefficient (Wildman–Crippen LogP) is 4.22. The van der Waals surface area contributed by atoms with Crippen LogP contribution in [0.2, 0.25) is 0 Å². The van der Waals surface area contributed by atoms with Gasteiger partial charge in [0.15, 0.2) is 5.76 Å². The molecule has 4 rings (SSSR count). The predicted molar refractivity (Wildman–Crippen MR) is 93.4 cm³/mol. The fourth-order valence-corrected chi connectivity index (χ4v) is 4.20. The molecule has 0 unspecified atom stereocenters. The van der Waals surface area contributed by atoms with E-state index in [1.54, 1.807) is 0 Å². The molecule has 2 aliphatic rings. The zero-order valence-corrected chi connectivity index (χ0v) is 14.6.